The van der Waals surface area contributed by atoms with Crippen LogP contribution in [0.25, 0.3) is 0 Å². The Morgan fingerprint density at radius 2 is 1.91 bits per heavy atom. The van der Waals surface area contributed by atoms with Gasteiger partial charge in [-0.15, -0.1) is 0 Å². The standard InChI is InChI=1S/C17H25NO4/c1-12(2)8-9-17(3,22)11-18-15(19)10-13-6-4-5-7-14(13)16(20)21/h4-7,12,22H,8-11H2,1-3H3,(H,18,19)(H,20,21). The minimum absolute atomic E-state index is 0.0112. The summed E-state index contributed by atoms with van der Waals surface area (Å²) >= 11 is 0. The molecule has 1 unspecified atom stereocenters. The van der Waals surface area contributed by atoms with Gasteiger partial charge in [-0.25, -0.2) is 4.79 Å². The molecule has 1 aromatic carbocycles. The zero-order valence-corrected chi connectivity index (χ0v) is 13.4. The third-order valence-electron chi connectivity index (χ3n) is 3.53. The van der Waals surface area contributed by atoms with Crippen LogP contribution >= 0.6 is 0 Å². The Bertz CT molecular complexity index is 523. The fourth-order valence-corrected chi connectivity index (χ4v) is 2.10. The minimum atomic E-state index is -1.05. The molecule has 3 N–H and O–H groups in total. The van der Waals surface area contributed by atoms with Crippen molar-refractivity contribution in [2.24, 2.45) is 5.92 Å². The number of carboxylic acid groups (broad SMARTS) is 1. The zero-order valence-electron chi connectivity index (χ0n) is 13.4. The van der Waals surface area contributed by atoms with Crippen LogP contribution in [-0.2, 0) is 11.2 Å². The summed E-state index contributed by atoms with van der Waals surface area (Å²) in [5.41, 5.74) is -0.356. The molecule has 1 amide bonds. The number of hydrogen-bond donors (Lipinski definition) is 3. The number of rotatable bonds is 8. The van der Waals surface area contributed by atoms with E-state index in [4.69, 9.17) is 5.11 Å². The first-order valence-electron chi connectivity index (χ1n) is 7.51. The summed E-state index contributed by atoms with van der Waals surface area (Å²) in [5, 5.41) is 22.0. The van der Waals surface area contributed by atoms with Crippen molar-refractivity contribution in [2.75, 3.05) is 6.54 Å². The first-order valence-corrected chi connectivity index (χ1v) is 7.51. The molecule has 5 nitrogen and oxygen atoms in total. The first-order chi connectivity index (χ1) is 10.2. The maximum absolute atomic E-state index is 12.0. The molecule has 0 aromatic heterocycles. The quantitative estimate of drug-likeness (QED) is 0.687. The SMILES string of the molecule is CC(C)CCC(C)(O)CNC(=O)Cc1ccccc1C(=O)O. The fraction of sp³-hybridized carbons (Fsp3) is 0.529. The van der Waals surface area contributed by atoms with Crippen LogP contribution in [0, 0.1) is 5.92 Å². The summed E-state index contributed by atoms with van der Waals surface area (Å²) in [6, 6.07) is 6.43. The molecule has 5 heteroatoms. The van der Waals surface area contributed by atoms with Crippen LogP contribution in [0.3, 0.4) is 0 Å². The first kappa shape index (κ1) is 18.2. The molecule has 1 rings (SSSR count). The van der Waals surface area contributed by atoms with Crippen molar-refractivity contribution < 1.29 is 19.8 Å². The summed E-state index contributed by atoms with van der Waals surface area (Å²) in [4.78, 5) is 23.1. The lowest BCUT2D eigenvalue weighted by Gasteiger charge is -2.24. The van der Waals surface area contributed by atoms with E-state index >= 15 is 0 Å². The molecule has 1 aromatic rings. The molecular formula is C17H25NO4. The van der Waals surface area contributed by atoms with Crippen LogP contribution in [0.1, 0.15) is 49.5 Å². The van der Waals surface area contributed by atoms with Crippen molar-refractivity contribution in [1.82, 2.24) is 5.32 Å². The topological polar surface area (TPSA) is 86.6 Å². The Hall–Kier alpha value is -1.88. The predicted octanol–water partition coefficient (Wildman–Crippen LogP) is 2.23. The van der Waals surface area contributed by atoms with Crippen LogP contribution in [0.2, 0.25) is 0 Å². The van der Waals surface area contributed by atoms with E-state index in [9.17, 15) is 14.7 Å². The Morgan fingerprint density at radius 1 is 1.27 bits per heavy atom. The van der Waals surface area contributed by atoms with E-state index in [1.165, 1.54) is 6.07 Å². The second-order valence-corrected chi connectivity index (χ2v) is 6.35. The number of aliphatic hydroxyl groups is 1. The van der Waals surface area contributed by atoms with Crippen molar-refractivity contribution in [2.45, 2.75) is 45.6 Å². The van der Waals surface area contributed by atoms with Crippen molar-refractivity contribution in [3.8, 4) is 0 Å². The number of nitrogens with one attached hydrogen (secondary N) is 1. The number of carboxylic acids is 1. The highest BCUT2D eigenvalue weighted by atomic mass is 16.4. The lowest BCUT2D eigenvalue weighted by atomic mass is 9.95. The van der Waals surface area contributed by atoms with Gasteiger partial charge in [0.1, 0.15) is 0 Å². The summed E-state index contributed by atoms with van der Waals surface area (Å²) in [6.07, 6.45) is 1.48. The second kappa shape index (κ2) is 7.94. The molecule has 0 heterocycles. The summed E-state index contributed by atoms with van der Waals surface area (Å²) in [6.45, 7) is 6.02. The fourth-order valence-electron chi connectivity index (χ4n) is 2.10. The highest BCUT2D eigenvalue weighted by Gasteiger charge is 2.22. The van der Waals surface area contributed by atoms with E-state index in [1.807, 2.05) is 0 Å². The summed E-state index contributed by atoms with van der Waals surface area (Å²) in [7, 11) is 0. The van der Waals surface area contributed by atoms with Crippen molar-refractivity contribution >= 4 is 11.9 Å². The smallest absolute Gasteiger partial charge is 0.335 e. The van der Waals surface area contributed by atoms with Crippen LogP contribution in [0.5, 0.6) is 0 Å². The molecule has 0 aliphatic heterocycles. The Labute approximate surface area is 131 Å². The molecule has 1 atom stereocenters. The normalized spacial score (nSPS) is 13.7. The van der Waals surface area contributed by atoms with Gasteiger partial charge in [0.05, 0.1) is 17.6 Å². The van der Waals surface area contributed by atoms with Gasteiger partial charge in [-0.3, -0.25) is 4.79 Å². The Morgan fingerprint density at radius 3 is 2.50 bits per heavy atom. The number of carbonyl (C=O) groups is 2. The molecule has 0 radical (unpaired) electrons. The monoisotopic (exact) mass is 307 g/mol. The molecule has 0 aliphatic rings. The van der Waals surface area contributed by atoms with Crippen LogP contribution < -0.4 is 5.32 Å². The van der Waals surface area contributed by atoms with Gasteiger partial charge < -0.3 is 15.5 Å². The van der Waals surface area contributed by atoms with Crippen molar-refractivity contribution in [3.05, 3.63) is 35.4 Å². The van der Waals surface area contributed by atoms with Crippen LogP contribution in [0.15, 0.2) is 24.3 Å². The van der Waals surface area contributed by atoms with Gasteiger partial charge >= 0.3 is 5.97 Å². The largest absolute Gasteiger partial charge is 0.478 e. The van der Waals surface area contributed by atoms with Gasteiger partial charge in [0.2, 0.25) is 5.91 Å². The summed E-state index contributed by atoms with van der Waals surface area (Å²) in [5.74, 6) is -0.851. The highest BCUT2D eigenvalue weighted by molar-refractivity contribution is 5.91. The van der Waals surface area contributed by atoms with Gasteiger partial charge in [0.25, 0.3) is 0 Å². The average molecular weight is 307 g/mol. The molecule has 0 fully saturated rings. The molecule has 0 spiro atoms. The molecule has 0 saturated carbocycles. The van der Waals surface area contributed by atoms with E-state index in [-0.39, 0.29) is 24.4 Å². The van der Waals surface area contributed by atoms with E-state index in [0.717, 1.165) is 6.42 Å². The zero-order chi connectivity index (χ0) is 16.8. The third kappa shape index (κ3) is 6.26. The number of carbonyl (C=O) groups excluding carboxylic acids is 1. The maximum Gasteiger partial charge on any atom is 0.335 e. The van der Waals surface area contributed by atoms with Crippen LogP contribution in [0.4, 0.5) is 0 Å². The maximum atomic E-state index is 12.0. The van der Waals surface area contributed by atoms with E-state index in [0.29, 0.717) is 17.9 Å². The molecule has 0 saturated heterocycles. The highest BCUT2D eigenvalue weighted by Crippen LogP contribution is 2.15. The van der Waals surface area contributed by atoms with Crippen molar-refractivity contribution in [1.29, 1.82) is 0 Å². The van der Waals surface area contributed by atoms with Crippen LogP contribution in [-0.4, -0.2) is 34.2 Å². The van der Waals surface area contributed by atoms with Gasteiger partial charge in [-0.1, -0.05) is 32.0 Å². The second-order valence-electron chi connectivity index (χ2n) is 6.35. The number of aromatic carboxylic acids is 1. The molecule has 0 bridgehead atoms. The number of amides is 1. The molecule has 0 aliphatic carbocycles. The van der Waals surface area contributed by atoms with Gasteiger partial charge in [0.15, 0.2) is 0 Å². The molecular weight excluding hydrogens is 282 g/mol. The molecule has 22 heavy (non-hydrogen) atoms. The average Bonchev–Trinajstić information content (AvgIpc) is 2.44. The van der Waals surface area contributed by atoms with Gasteiger partial charge in [-0.2, -0.15) is 0 Å². The van der Waals surface area contributed by atoms with E-state index in [2.05, 4.69) is 19.2 Å². The molecule has 122 valence electrons. The van der Waals surface area contributed by atoms with E-state index < -0.39 is 11.6 Å². The Kier molecular flexibility index (Phi) is 6.56. The lowest BCUT2D eigenvalue weighted by Crippen LogP contribution is -2.41. The van der Waals surface area contributed by atoms with Crippen molar-refractivity contribution in [3.63, 3.8) is 0 Å². The summed E-state index contributed by atoms with van der Waals surface area (Å²) < 4.78 is 0. The van der Waals surface area contributed by atoms with Gasteiger partial charge in [-0.05, 0) is 37.3 Å². The third-order valence-corrected chi connectivity index (χ3v) is 3.53. The van der Waals surface area contributed by atoms with E-state index in [1.54, 1.807) is 25.1 Å². The predicted molar refractivity (Wildman–Crippen MR) is 84.8 cm³/mol. The van der Waals surface area contributed by atoms with Gasteiger partial charge in [0, 0.05) is 6.54 Å². The Balaban J connectivity index is 2.55. The minimum Gasteiger partial charge on any atom is -0.478 e. The lowest BCUT2D eigenvalue weighted by molar-refractivity contribution is -0.121. The number of hydrogen-bond acceptors (Lipinski definition) is 3. The number of benzene rings is 1.